The van der Waals surface area contributed by atoms with E-state index in [-0.39, 0.29) is 23.9 Å². The molecule has 3 aromatic rings. The van der Waals surface area contributed by atoms with E-state index in [1.807, 2.05) is 41.1 Å². The zero-order valence-corrected chi connectivity index (χ0v) is 18.7. The van der Waals surface area contributed by atoms with Crippen LogP contribution in [0.5, 0.6) is 0 Å². The number of hydrogen-bond donors (Lipinski definition) is 1. The van der Waals surface area contributed by atoms with E-state index in [4.69, 9.17) is 0 Å². The molecule has 1 heterocycles. The van der Waals surface area contributed by atoms with Crippen molar-refractivity contribution in [1.82, 2.24) is 19.2 Å². The highest BCUT2D eigenvalue weighted by molar-refractivity contribution is 9.10. The summed E-state index contributed by atoms with van der Waals surface area (Å²) in [5, 5.41) is 2.81. The van der Waals surface area contributed by atoms with Gasteiger partial charge in [-0.1, -0.05) is 46.3 Å². The standard InChI is InChI=1S/C21H23BrN4O3S/c22-19-7-9-20(10-8-19)30(28,29)26(15-18-5-2-1-3-6-18)16-21(27)24-11-4-13-25-14-12-23-17-25/h1-3,5-10,12,14,17H,4,11,13,15-16H2,(H,24,27). The first-order valence-electron chi connectivity index (χ1n) is 9.47. The Morgan fingerprint density at radius 3 is 2.50 bits per heavy atom. The van der Waals surface area contributed by atoms with E-state index in [1.165, 1.54) is 16.4 Å². The van der Waals surface area contributed by atoms with Crippen molar-refractivity contribution < 1.29 is 13.2 Å². The third kappa shape index (κ3) is 6.25. The molecule has 0 atom stereocenters. The Bertz CT molecular complexity index is 1040. The highest BCUT2D eigenvalue weighted by atomic mass is 79.9. The molecule has 2 aromatic carbocycles. The van der Waals surface area contributed by atoms with E-state index in [0.29, 0.717) is 6.54 Å². The molecule has 0 unspecified atom stereocenters. The molecular weight excluding hydrogens is 468 g/mol. The summed E-state index contributed by atoms with van der Waals surface area (Å²) >= 11 is 3.31. The summed E-state index contributed by atoms with van der Waals surface area (Å²) in [5.74, 6) is -0.336. The molecule has 0 bridgehead atoms. The van der Waals surface area contributed by atoms with E-state index in [1.54, 1.807) is 24.7 Å². The molecule has 1 aromatic heterocycles. The summed E-state index contributed by atoms with van der Waals surface area (Å²) in [6, 6.07) is 15.6. The van der Waals surface area contributed by atoms with Gasteiger partial charge >= 0.3 is 0 Å². The van der Waals surface area contributed by atoms with Crippen LogP contribution in [0.3, 0.4) is 0 Å². The smallest absolute Gasteiger partial charge is 0.243 e. The molecule has 0 aliphatic rings. The molecule has 158 valence electrons. The van der Waals surface area contributed by atoms with Crippen molar-refractivity contribution in [3.8, 4) is 0 Å². The maximum atomic E-state index is 13.2. The molecule has 30 heavy (non-hydrogen) atoms. The van der Waals surface area contributed by atoms with Crippen LogP contribution in [-0.4, -0.2) is 41.3 Å². The molecule has 0 aliphatic carbocycles. The van der Waals surface area contributed by atoms with Gasteiger partial charge < -0.3 is 9.88 Å². The number of amides is 1. The minimum absolute atomic E-state index is 0.113. The average Bonchev–Trinajstić information content (AvgIpc) is 3.25. The SMILES string of the molecule is O=C(CN(Cc1ccccc1)S(=O)(=O)c1ccc(Br)cc1)NCCCn1ccnc1. The number of imidazole rings is 1. The number of sulfonamides is 1. The van der Waals surface area contributed by atoms with Gasteiger partial charge in [-0.3, -0.25) is 4.79 Å². The number of hydrogen-bond acceptors (Lipinski definition) is 4. The third-order valence-corrected chi connectivity index (χ3v) is 6.78. The van der Waals surface area contributed by atoms with Crippen LogP contribution in [0.1, 0.15) is 12.0 Å². The molecule has 0 radical (unpaired) electrons. The molecule has 0 saturated carbocycles. The van der Waals surface area contributed by atoms with Crippen molar-refractivity contribution in [2.75, 3.05) is 13.1 Å². The van der Waals surface area contributed by atoms with Crippen LogP contribution < -0.4 is 5.32 Å². The predicted molar refractivity (Wildman–Crippen MR) is 118 cm³/mol. The van der Waals surface area contributed by atoms with Crippen molar-refractivity contribution in [1.29, 1.82) is 0 Å². The van der Waals surface area contributed by atoms with Gasteiger partial charge in [0.1, 0.15) is 0 Å². The Morgan fingerprint density at radius 2 is 1.83 bits per heavy atom. The van der Waals surface area contributed by atoms with Crippen molar-refractivity contribution in [3.63, 3.8) is 0 Å². The highest BCUT2D eigenvalue weighted by Crippen LogP contribution is 2.20. The number of nitrogens with zero attached hydrogens (tertiary/aromatic N) is 3. The minimum Gasteiger partial charge on any atom is -0.355 e. The number of rotatable bonds is 10. The molecule has 0 saturated heterocycles. The van der Waals surface area contributed by atoms with Crippen molar-refractivity contribution >= 4 is 31.9 Å². The lowest BCUT2D eigenvalue weighted by Crippen LogP contribution is -2.40. The Labute approximate surface area is 184 Å². The van der Waals surface area contributed by atoms with E-state index in [0.717, 1.165) is 23.0 Å². The summed E-state index contributed by atoms with van der Waals surface area (Å²) < 4.78 is 30.3. The molecule has 1 N–H and O–H groups in total. The van der Waals surface area contributed by atoms with E-state index in [2.05, 4.69) is 26.2 Å². The first-order valence-corrected chi connectivity index (χ1v) is 11.7. The quantitative estimate of drug-likeness (QED) is 0.442. The zero-order chi connectivity index (χ0) is 21.4. The van der Waals surface area contributed by atoms with Crippen LogP contribution in [-0.2, 0) is 27.9 Å². The van der Waals surface area contributed by atoms with Crippen molar-refractivity contribution in [2.24, 2.45) is 0 Å². The number of halogens is 1. The third-order valence-electron chi connectivity index (χ3n) is 4.45. The molecule has 0 spiro atoms. The topological polar surface area (TPSA) is 84.3 Å². The minimum atomic E-state index is -3.84. The van der Waals surface area contributed by atoms with Gasteiger partial charge in [0.15, 0.2) is 0 Å². The van der Waals surface area contributed by atoms with Crippen LogP contribution in [0, 0.1) is 0 Å². The van der Waals surface area contributed by atoms with Crippen LogP contribution in [0.4, 0.5) is 0 Å². The fourth-order valence-electron chi connectivity index (χ4n) is 2.89. The van der Waals surface area contributed by atoms with Crippen LogP contribution >= 0.6 is 15.9 Å². The summed E-state index contributed by atoms with van der Waals surface area (Å²) in [6.07, 6.45) is 6.00. The molecule has 1 amide bonds. The van der Waals surface area contributed by atoms with Crippen LogP contribution in [0.25, 0.3) is 0 Å². The second-order valence-corrected chi connectivity index (χ2v) is 9.57. The van der Waals surface area contributed by atoms with E-state index >= 15 is 0 Å². The fourth-order valence-corrected chi connectivity index (χ4v) is 4.54. The van der Waals surface area contributed by atoms with Crippen LogP contribution in [0.2, 0.25) is 0 Å². The maximum Gasteiger partial charge on any atom is 0.243 e. The zero-order valence-electron chi connectivity index (χ0n) is 16.3. The summed E-state index contributed by atoms with van der Waals surface area (Å²) in [6.45, 7) is 1.04. The first-order chi connectivity index (χ1) is 14.4. The van der Waals surface area contributed by atoms with Gasteiger partial charge in [-0.2, -0.15) is 4.31 Å². The second-order valence-electron chi connectivity index (χ2n) is 6.72. The molecule has 3 rings (SSSR count). The van der Waals surface area contributed by atoms with Gasteiger partial charge in [-0.05, 0) is 36.2 Å². The number of carbonyl (C=O) groups excluding carboxylic acids is 1. The maximum absolute atomic E-state index is 13.2. The Morgan fingerprint density at radius 1 is 1.10 bits per heavy atom. The van der Waals surface area contributed by atoms with Gasteiger partial charge in [0.25, 0.3) is 0 Å². The monoisotopic (exact) mass is 490 g/mol. The highest BCUT2D eigenvalue weighted by Gasteiger charge is 2.26. The Kier molecular flexibility index (Phi) is 7.78. The number of nitrogens with one attached hydrogen (secondary N) is 1. The van der Waals surface area contributed by atoms with Gasteiger partial charge in [0.2, 0.25) is 15.9 Å². The molecule has 7 nitrogen and oxygen atoms in total. The number of benzene rings is 2. The van der Waals surface area contributed by atoms with E-state index < -0.39 is 10.0 Å². The van der Waals surface area contributed by atoms with Crippen LogP contribution in [0.15, 0.2) is 82.7 Å². The Balaban J connectivity index is 1.67. The lowest BCUT2D eigenvalue weighted by Gasteiger charge is -2.22. The molecule has 0 aliphatic heterocycles. The van der Waals surface area contributed by atoms with Crippen molar-refractivity contribution in [2.45, 2.75) is 24.4 Å². The van der Waals surface area contributed by atoms with Crippen molar-refractivity contribution in [3.05, 3.63) is 83.4 Å². The first kappa shape index (κ1) is 22.2. The lowest BCUT2D eigenvalue weighted by molar-refractivity contribution is -0.121. The summed E-state index contributed by atoms with van der Waals surface area (Å²) in [5.41, 5.74) is 0.811. The fraction of sp³-hybridized carbons (Fsp3) is 0.238. The lowest BCUT2D eigenvalue weighted by atomic mass is 10.2. The number of aryl methyl sites for hydroxylation is 1. The van der Waals surface area contributed by atoms with E-state index in [9.17, 15) is 13.2 Å². The Hall–Kier alpha value is -2.49. The molecule has 0 fully saturated rings. The molecular formula is C21H23BrN4O3S. The van der Waals surface area contributed by atoms with Gasteiger partial charge in [0.05, 0.1) is 17.8 Å². The largest absolute Gasteiger partial charge is 0.355 e. The molecule has 9 heteroatoms. The summed E-state index contributed by atoms with van der Waals surface area (Å²) in [7, 11) is -3.84. The van der Waals surface area contributed by atoms with Gasteiger partial charge in [-0.15, -0.1) is 0 Å². The summed E-state index contributed by atoms with van der Waals surface area (Å²) in [4.78, 5) is 16.6. The van der Waals surface area contributed by atoms with Gasteiger partial charge in [0, 0.05) is 36.5 Å². The average molecular weight is 491 g/mol. The van der Waals surface area contributed by atoms with Gasteiger partial charge in [-0.25, -0.2) is 13.4 Å². The second kappa shape index (κ2) is 10.5. The predicted octanol–water partition coefficient (Wildman–Crippen LogP) is 3.04. The number of carbonyl (C=O) groups is 1. The normalized spacial score (nSPS) is 11.5. The number of aromatic nitrogens is 2.